The van der Waals surface area contributed by atoms with Gasteiger partial charge in [-0.3, -0.25) is 0 Å². The van der Waals surface area contributed by atoms with E-state index in [4.69, 9.17) is 9.84 Å². The van der Waals surface area contributed by atoms with Crippen molar-refractivity contribution in [3.63, 3.8) is 0 Å². The van der Waals surface area contributed by atoms with Crippen LogP contribution >= 0.6 is 11.3 Å². The minimum absolute atomic E-state index is 0.101. The third-order valence-corrected chi connectivity index (χ3v) is 3.77. The number of thiazole rings is 1. The van der Waals surface area contributed by atoms with E-state index in [1.165, 1.54) is 16.9 Å². The smallest absolute Gasteiger partial charge is 0.355 e. The minimum atomic E-state index is -0.987. The molecule has 18 heavy (non-hydrogen) atoms. The van der Waals surface area contributed by atoms with Gasteiger partial charge in [0.25, 0.3) is 0 Å². The molecule has 1 N–H and O–H groups in total. The molecule has 92 valence electrons. The van der Waals surface area contributed by atoms with E-state index in [9.17, 15) is 4.79 Å². The van der Waals surface area contributed by atoms with E-state index in [2.05, 4.69) is 4.98 Å². The largest absolute Gasteiger partial charge is 0.493 e. The molecule has 1 aromatic heterocycles. The molecule has 0 amide bonds. The average molecular weight is 261 g/mol. The number of carboxylic acids is 1. The summed E-state index contributed by atoms with van der Waals surface area (Å²) >= 11 is 1.35. The van der Waals surface area contributed by atoms with Crippen LogP contribution in [-0.2, 0) is 6.42 Å². The third kappa shape index (κ3) is 1.97. The summed E-state index contributed by atoms with van der Waals surface area (Å²) in [6.07, 6.45) is 2.02. The van der Waals surface area contributed by atoms with Crippen LogP contribution in [0.1, 0.15) is 22.5 Å². The fourth-order valence-corrected chi connectivity index (χ4v) is 2.79. The van der Waals surface area contributed by atoms with Crippen LogP contribution in [0.25, 0.3) is 10.6 Å². The van der Waals surface area contributed by atoms with Crippen molar-refractivity contribution in [1.29, 1.82) is 0 Å². The Labute approximate surface area is 108 Å². The number of hydrogen-bond donors (Lipinski definition) is 1. The van der Waals surface area contributed by atoms with Crippen LogP contribution in [0.15, 0.2) is 23.6 Å². The Hall–Kier alpha value is -1.88. The predicted molar refractivity (Wildman–Crippen MR) is 68.3 cm³/mol. The number of carboxylic acid groups (broad SMARTS) is 1. The maximum atomic E-state index is 10.8. The lowest BCUT2D eigenvalue weighted by atomic mass is 10.0. The molecule has 1 aliphatic heterocycles. The second-order valence-corrected chi connectivity index (χ2v) is 4.98. The van der Waals surface area contributed by atoms with Gasteiger partial charge in [0.15, 0.2) is 5.69 Å². The molecule has 5 heteroatoms. The topological polar surface area (TPSA) is 59.4 Å². The molecule has 0 bridgehead atoms. The van der Waals surface area contributed by atoms with Crippen LogP contribution in [0.2, 0.25) is 0 Å². The lowest BCUT2D eigenvalue weighted by Crippen LogP contribution is -2.08. The van der Waals surface area contributed by atoms with E-state index >= 15 is 0 Å². The normalized spacial score (nSPS) is 13.8. The number of nitrogens with zero attached hydrogens (tertiary/aromatic N) is 1. The molecule has 0 fully saturated rings. The molecule has 0 saturated carbocycles. The van der Waals surface area contributed by atoms with Crippen LogP contribution in [0.5, 0.6) is 5.75 Å². The summed E-state index contributed by atoms with van der Waals surface area (Å²) in [7, 11) is 0. The van der Waals surface area contributed by atoms with Crippen LogP contribution in [-0.4, -0.2) is 22.7 Å². The Morgan fingerprint density at radius 3 is 3.11 bits per heavy atom. The molecule has 0 unspecified atom stereocenters. The van der Waals surface area contributed by atoms with Gasteiger partial charge in [-0.25, -0.2) is 9.78 Å². The summed E-state index contributed by atoms with van der Waals surface area (Å²) in [6.45, 7) is 0.771. The first-order chi connectivity index (χ1) is 8.74. The van der Waals surface area contributed by atoms with Gasteiger partial charge >= 0.3 is 5.97 Å². The van der Waals surface area contributed by atoms with E-state index in [-0.39, 0.29) is 5.69 Å². The number of fused-ring (bicyclic) bond motifs is 1. The zero-order valence-corrected chi connectivity index (χ0v) is 10.4. The highest BCUT2D eigenvalue weighted by Gasteiger charge is 2.14. The first-order valence-corrected chi connectivity index (χ1v) is 6.57. The van der Waals surface area contributed by atoms with Gasteiger partial charge < -0.3 is 9.84 Å². The predicted octanol–water partition coefficient (Wildman–Crippen LogP) is 2.83. The third-order valence-electron chi connectivity index (χ3n) is 2.88. The molecule has 1 aliphatic rings. The maximum Gasteiger partial charge on any atom is 0.355 e. The number of ether oxygens (including phenoxy) is 1. The van der Waals surface area contributed by atoms with E-state index < -0.39 is 5.97 Å². The highest BCUT2D eigenvalue weighted by Crippen LogP contribution is 2.31. The minimum Gasteiger partial charge on any atom is -0.493 e. The van der Waals surface area contributed by atoms with Gasteiger partial charge in [0.2, 0.25) is 0 Å². The van der Waals surface area contributed by atoms with Gasteiger partial charge in [0.1, 0.15) is 10.8 Å². The van der Waals surface area contributed by atoms with E-state index in [0.717, 1.165) is 35.8 Å². The van der Waals surface area contributed by atoms with Crippen molar-refractivity contribution in [1.82, 2.24) is 4.98 Å². The zero-order valence-electron chi connectivity index (χ0n) is 9.55. The molecular formula is C13H11NO3S. The first-order valence-electron chi connectivity index (χ1n) is 5.69. The van der Waals surface area contributed by atoms with Gasteiger partial charge in [-0.1, -0.05) is 0 Å². The van der Waals surface area contributed by atoms with E-state index in [1.807, 2.05) is 18.2 Å². The molecule has 2 heterocycles. The number of aromatic carboxylic acids is 1. The Kier molecular flexibility index (Phi) is 2.76. The molecule has 0 radical (unpaired) electrons. The van der Waals surface area contributed by atoms with Crippen molar-refractivity contribution >= 4 is 17.3 Å². The molecule has 3 rings (SSSR count). The summed E-state index contributed by atoms with van der Waals surface area (Å²) in [5.41, 5.74) is 2.23. The SMILES string of the molecule is O=C(O)c1csc(-c2ccc3c(c2)CCCO3)n1. The van der Waals surface area contributed by atoms with Crippen LogP contribution < -0.4 is 4.74 Å². The number of hydrogen-bond acceptors (Lipinski definition) is 4. The van der Waals surface area contributed by atoms with Gasteiger partial charge in [0, 0.05) is 10.9 Å². The molecule has 4 nitrogen and oxygen atoms in total. The number of rotatable bonds is 2. The molecular weight excluding hydrogens is 250 g/mol. The second-order valence-electron chi connectivity index (χ2n) is 4.12. The summed E-state index contributed by atoms with van der Waals surface area (Å²) in [6, 6.07) is 5.90. The number of aryl methyl sites for hydroxylation is 1. The Bertz CT molecular complexity index is 606. The Morgan fingerprint density at radius 1 is 1.44 bits per heavy atom. The van der Waals surface area contributed by atoms with E-state index in [1.54, 1.807) is 5.38 Å². The van der Waals surface area contributed by atoms with Crippen molar-refractivity contribution in [2.45, 2.75) is 12.8 Å². The molecule has 2 aromatic rings. The second kappa shape index (κ2) is 4.42. The molecule has 0 saturated heterocycles. The fraction of sp³-hybridized carbons (Fsp3) is 0.231. The van der Waals surface area contributed by atoms with Gasteiger partial charge in [0.05, 0.1) is 6.61 Å². The van der Waals surface area contributed by atoms with Crippen molar-refractivity contribution in [3.05, 3.63) is 34.8 Å². The lowest BCUT2D eigenvalue weighted by Gasteiger charge is -2.17. The van der Waals surface area contributed by atoms with Gasteiger partial charge in [-0.15, -0.1) is 11.3 Å². The zero-order chi connectivity index (χ0) is 12.5. The first kappa shape index (κ1) is 11.2. The maximum absolute atomic E-state index is 10.8. The summed E-state index contributed by atoms with van der Waals surface area (Å²) in [5, 5.41) is 11.2. The van der Waals surface area contributed by atoms with Crippen molar-refractivity contribution in [3.8, 4) is 16.3 Å². The van der Waals surface area contributed by atoms with Crippen LogP contribution in [0.4, 0.5) is 0 Å². The standard InChI is InChI=1S/C13H11NO3S/c15-13(16)10-7-18-12(14-10)9-3-4-11-8(6-9)2-1-5-17-11/h3-4,6-7H,1-2,5H2,(H,15,16). The molecule has 0 spiro atoms. The molecule has 0 aliphatic carbocycles. The van der Waals surface area contributed by atoms with Crippen LogP contribution in [0, 0.1) is 0 Å². The van der Waals surface area contributed by atoms with Gasteiger partial charge in [-0.05, 0) is 36.6 Å². The Balaban J connectivity index is 1.98. The number of carbonyl (C=O) groups is 1. The summed E-state index contributed by atoms with van der Waals surface area (Å²) in [5.74, 6) is -0.0567. The van der Waals surface area contributed by atoms with Crippen LogP contribution in [0.3, 0.4) is 0 Å². The highest BCUT2D eigenvalue weighted by atomic mass is 32.1. The van der Waals surface area contributed by atoms with Crippen molar-refractivity contribution < 1.29 is 14.6 Å². The van der Waals surface area contributed by atoms with E-state index in [0.29, 0.717) is 0 Å². The quantitative estimate of drug-likeness (QED) is 0.903. The molecule has 0 atom stereocenters. The van der Waals surface area contributed by atoms with Crippen molar-refractivity contribution in [2.75, 3.05) is 6.61 Å². The highest BCUT2D eigenvalue weighted by molar-refractivity contribution is 7.13. The fourth-order valence-electron chi connectivity index (χ4n) is 2.00. The van der Waals surface area contributed by atoms with Gasteiger partial charge in [-0.2, -0.15) is 0 Å². The summed E-state index contributed by atoms with van der Waals surface area (Å²) in [4.78, 5) is 14.9. The average Bonchev–Trinajstić information content (AvgIpc) is 2.88. The molecule has 1 aromatic carbocycles. The number of benzene rings is 1. The lowest BCUT2D eigenvalue weighted by molar-refractivity contribution is 0.0691. The monoisotopic (exact) mass is 261 g/mol. The van der Waals surface area contributed by atoms with Crippen molar-refractivity contribution in [2.24, 2.45) is 0 Å². The Morgan fingerprint density at radius 2 is 2.33 bits per heavy atom. The number of aromatic nitrogens is 1. The summed E-state index contributed by atoms with van der Waals surface area (Å²) < 4.78 is 5.55.